The maximum absolute atomic E-state index is 11.0. The van der Waals surface area contributed by atoms with Gasteiger partial charge in [-0.1, -0.05) is 5.16 Å². The van der Waals surface area contributed by atoms with E-state index >= 15 is 0 Å². The molecule has 1 aliphatic heterocycles. The van der Waals surface area contributed by atoms with Crippen molar-refractivity contribution in [2.75, 3.05) is 6.61 Å². The van der Waals surface area contributed by atoms with Crippen LogP contribution in [0.25, 0.3) is 0 Å². The van der Waals surface area contributed by atoms with Crippen molar-refractivity contribution in [2.45, 2.75) is 32.3 Å². The summed E-state index contributed by atoms with van der Waals surface area (Å²) in [6, 6.07) is 1.68. The van der Waals surface area contributed by atoms with E-state index in [-0.39, 0.29) is 11.9 Å². The van der Waals surface area contributed by atoms with Gasteiger partial charge in [-0.25, -0.2) is 0 Å². The molecule has 0 saturated carbocycles. The lowest BCUT2D eigenvalue weighted by molar-refractivity contribution is -0.00138. The second-order valence-corrected chi connectivity index (χ2v) is 3.53. The zero-order valence-electron chi connectivity index (χ0n) is 8.16. The average Bonchev–Trinajstić information content (AvgIpc) is 2.68. The predicted octanol–water partition coefficient (Wildman–Crippen LogP) is 2.12. The predicted molar refractivity (Wildman–Crippen MR) is 49.1 cm³/mol. The van der Waals surface area contributed by atoms with Crippen LogP contribution in [-0.2, 0) is 4.74 Å². The standard InChI is InChI=1S/C10H13NO3/c1-7(12)8-6-10(14-11-8)9-4-2-3-5-13-9/h6,9H,2-5H2,1H3. The Hall–Kier alpha value is -1.16. The van der Waals surface area contributed by atoms with Crippen molar-refractivity contribution >= 4 is 5.78 Å². The van der Waals surface area contributed by atoms with E-state index in [9.17, 15) is 4.79 Å². The molecule has 1 unspecified atom stereocenters. The van der Waals surface area contributed by atoms with Crippen molar-refractivity contribution in [3.05, 3.63) is 17.5 Å². The third-order valence-corrected chi connectivity index (χ3v) is 2.39. The largest absolute Gasteiger partial charge is 0.370 e. The highest BCUT2D eigenvalue weighted by molar-refractivity contribution is 5.91. The molecule has 0 spiro atoms. The van der Waals surface area contributed by atoms with Gasteiger partial charge in [0.2, 0.25) is 0 Å². The number of carbonyl (C=O) groups is 1. The summed E-state index contributed by atoms with van der Waals surface area (Å²) in [4.78, 5) is 11.0. The van der Waals surface area contributed by atoms with Gasteiger partial charge in [-0.3, -0.25) is 4.79 Å². The van der Waals surface area contributed by atoms with Gasteiger partial charge in [-0.15, -0.1) is 0 Å². The maximum Gasteiger partial charge on any atom is 0.181 e. The fourth-order valence-corrected chi connectivity index (χ4v) is 1.57. The molecule has 0 aliphatic carbocycles. The highest BCUT2D eigenvalue weighted by atomic mass is 16.5. The van der Waals surface area contributed by atoms with E-state index in [0.29, 0.717) is 11.5 Å². The van der Waals surface area contributed by atoms with Gasteiger partial charge in [0.25, 0.3) is 0 Å². The molecule has 1 atom stereocenters. The van der Waals surface area contributed by atoms with Gasteiger partial charge in [-0.05, 0) is 19.3 Å². The molecule has 0 aromatic carbocycles. The molecule has 76 valence electrons. The van der Waals surface area contributed by atoms with E-state index in [4.69, 9.17) is 9.26 Å². The van der Waals surface area contributed by atoms with E-state index in [1.165, 1.54) is 6.92 Å². The van der Waals surface area contributed by atoms with Crippen molar-refractivity contribution in [1.82, 2.24) is 5.16 Å². The summed E-state index contributed by atoms with van der Waals surface area (Å²) < 4.78 is 10.6. The first-order valence-corrected chi connectivity index (χ1v) is 4.86. The average molecular weight is 195 g/mol. The molecule has 4 heteroatoms. The van der Waals surface area contributed by atoms with E-state index in [2.05, 4.69) is 5.16 Å². The van der Waals surface area contributed by atoms with Crippen molar-refractivity contribution in [3.63, 3.8) is 0 Å². The number of ether oxygens (including phenoxy) is 1. The van der Waals surface area contributed by atoms with Crippen molar-refractivity contribution < 1.29 is 14.1 Å². The highest BCUT2D eigenvalue weighted by Gasteiger charge is 2.21. The monoisotopic (exact) mass is 195 g/mol. The minimum atomic E-state index is -0.0733. The maximum atomic E-state index is 11.0. The van der Waals surface area contributed by atoms with E-state index in [1.54, 1.807) is 6.07 Å². The van der Waals surface area contributed by atoms with Gasteiger partial charge in [0, 0.05) is 19.6 Å². The molecule has 1 saturated heterocycles. The Morgan fingerprint density at radius 1 is 1.57 bits per heavy atom. The van der Waals surface area contributed by atoms with Crippen LogP contribution in [0.1, 0.15) is 48.5 Å². The Morgan fingerprint density at radius 2 is 2.43 bits per heavy atom. The van der Waals surface area contributed by atoms with Gasteiger partial charge in [0.15, 0.2) is 11.5 Å². The van der Waals surface area contributed by atoms with Crippen LogP contribution < -0.4 is 0 Å². The molecule has 1 aromatic rings. The van der Waals surface area contributed by atoms with Gasteiger partial charge in [0.05, 0.1) is 0 Å². The van der Waals surface area contributed by atoms with Crippen molar-refractivity contribution in [3.8, 4) is 0 Å². The number of Topliss-reactive ketones (excluding diaryl/α,β-unsaturated/α-hetero) is 1. The number of rotatable bonds is 2. The summed E-state index contributed by atoms with van der Waals surface area (Å²) >= 11 is 0. The lowest BCUT2D eigenvalue weighted by atomic mass is 10.1. The van der Waals surface area contributed by atoms with E-state index < -0.39 is 0 Å². The molecule has 14 heavy (non-hydrogen) atoms. The van der Waals surface area contributed by atoms with Crippen LogP contribution in [0.15, 0.2) is 10.6 Å². The van der Waals surface area contributed by atoms with Crippen molar-refractivity contribution in [2.24, 2.45) is 0 Å². The fraction of sp³-hybridized carbons (Fsp3) is 0.600. The molecule has 1 fully saturated rings. The Morgan fingerprint density at radius 3 is 3.00 bits per heavy atom. The highest BCUT2D eigenvalue weighted by Crippen LogP contribution is 2.28. The van der Waals surface area contributed by atoms with Gasteiger partial charge < -0.3 is 9.26 Å². The summed E-state index contributed by atoms with van der Waals surface area (Å²) in [5.74, 6) is 0.603. The molecule has 0 N–H and O–H groups in total. The number of hydrogen-bond donors (Lipinski definition) is 0. The summed E-state index contributed by atoms with van der Waals surface area (Å²) in [6.45, 7) is 2.24. The molecule has 4 nitrogen and oxygen atoms in total. The van der Waals surface area contributed by atoms with Crippen LogP contribution in [0.2, 0.25) is 0 Å². The SMILES string of the molecule is CC(=O)c1cc(C2CCCCO2)on1. The Labute approximate surface area is 82.2 Å². The fourth-order valence-electron chi connectivity index (χ4n) is 1.57. The van der Waals surface area contributed by atoms with Crippen LogP contribution in [0, 0.1) is 0 Å². The van der Waals surface area contributed by atoms with E-state index in [0.717, 1.165) is 25.9 Å². The number of hydrogen-bond acceptors (Lipinski definition) is 4. The van der Waals surface area contributed by atoms with Crippen molar-refractivity contribution in [1.29, 1.82) is 0 Å². The van der Waals surface area contributed by atoms with Gasteiger partial charge in [0.1, 0.15) is 11.8 Å². The quantitative estimate of drug-likeness (QED) is 0.678. The second-order valence-electron chi connectivity index (χ2n) is 3.53. The second kappa shape index (κ2) is 3.92. The zero-order valence-corrected chi connectivity index (χ0v) is 8.16. The number of carbonyl (C=O) groups excluding carboxylic acids is 1. The number of aromatic nitrogens is 1. The Balaban J connectivity index is 2.11. The summed E-state index contributed by atoms with van der Waals surface area (Å²) in [5.41, 5.74) is 0.383. The molecular weight excluding hydrogens is 182 g/mol. The molecule has 2 rings (SSSR count). The van der Waals surface area contributed by atoms with Crippen LogP contribution in [0.5, 0.6) is 0 Å². The molecule has 0 amide bonds. The molecule has 1 aliphatic rings. The van der Waals surface area contributed by atoms with Crippen LogP contribution >= 0.6 is 0 Å². The smallest absolute Gasteiger partial charge is 0.181 e. The van der Waals surface area contributed by atoms with Crippen LogP contribution in [0.4, 0.5) is 0 Å². The minimum Gasteiger partial charge on any atom is -0.370 e. The molecule has 2 heterocycles. The van der Waals surface area contributed by atoms with Crippen LogP contribution in [-0.4, -0.2) is 17.5 Å². The summed E-state index contributed by atoms with van der Waals surface area (Å²) in [5, 5.41) is 3.69. The lowest BCUT2D eigenvalue weighted by Crippen LogP contribution is -2.10. The third kappa shape index (κ3) is 1.85. The van der Waals surface area contributed by atoms with Crippen LogP contribution in [0.3, 0.4) is 0 Å². The topological polar surface area (TPSA) is 52.3 Å². The molecular formula is C10H13NO3. The lowest BCUT2D eigenvalue weighted by Gasteiger charge is -2.19. The Bertz CT molecular complexity index is 326. The molecule has 0 bridgehead atoms. The third-order valence-electron chi connectivity index (χ3n) is 2.39. The summed E-state index contributed by atoms with van der Waals surface area (Å²) in [6.07, 6.45) is 3.18. The van der Waals surface area contributed by atoms with Gasteiger partial charge in [-0.2, -0.15) is 0 Å². The number of nitrogens with zero attached hydrogens (tertiary/aromatic N) is 1. The first-order chi connectivity index (χ1) is 6.77. The molecule has 0 radical (unpaired) electrons. The molecule has 1 aromatic heterocycles. The van der Waals surface area contributed by atoms with Gasteiger partial charge >= 0.3 is 0 Å². The Kier molecular flexibility index (Phi) is 2.63. The first-order valence-electron chi connectivity index (χ1n) is 4.86. The summed E-state index contributed by atoms with van der Waals surface area (Å²) in [7, 11) is 0. The first kappa shape index (κ1) is 9.40. The van der Waals surface area contributed by atoms with E-state index in [1.807, 2.05) is 0 Å². The minimum absolute atomic E-state index is 0.00986. The number of ketones is 1. The zero-order chi connectivity index (χ0) is 9.97. The normalized spacial score (nSPS) is 22.2.